The smallest absolute Gasteiger partial charge is 0.140 e. The second kappa shape index (κ2) is 6.76. The van der Waals surface area contributed by atoms with Crippen molar-refractivity contribution in [3.8, 4) is 0 Å². The first-order valence-corrected chi connectivity index (χ1v) is 8.73. The van der Waals surface area contributed by atoms with Gasteiger partial charge in [0, 0.05) is 23.8 Å². The number of fused-ring (bicyclic) bond motifs is 1. The third-order valence-corrected chi connectivity index (χ3v) is 5.33. The summed E-state index contributed by atoms with van der Waals surface area (Å²) in [4.78, 5) is 9.48. The van der Waals surface area contributed by atoms with Gasteiger partial charge in [0.25, 0.3) is 0 Å². The van der Waals surface area contributed by atoms with Crippen LogP contribution >= 0.6 is 11.8 Å². The molecule has 0 radical (unpaired) electrons. The van der Waals surface area contributed by atoms with Crippen LogP contribution in [0.5, 0.6) is 0 Å². The molecular formula is C15H23N3OS. The molecule has 4 nitrogen and oxygen atoms in total. The first kappa shape index (κ1) is 14.1. The number of aromatic nitrogens is 2. The minimum Gasteiger partial charge on any atom is -0.376 e. The second-order valence-corrected chi connectivity index (χ2v) is 6.75. The van der Waals surface area contributed by atoms with Crippen LogP contribution in [0, 0.1) is 0 Å². The average molecular weight is 293 g/mol. The Morgan fingerprint density at radius 3 is 2.95 bits per heavy atom. The molecule has 1 aromatic heterocycles. The van der Waals surface area contributed by atoms with Gasteiger partial charge < -0.3 is 10.1 Å². The van der Waals surface area contributed by atoms with Gasteiger partial charge in [0.15, 0.2) is 0 Å². The van der Waals surface area contributed by atoms with Crippen molar-refractivity contribution in [1.29, 1.82) is 0 Å². The fourth-order valence-corrected chi connectivity index (χ4v) is 4.09. The molecule has 1 aliphatic heterocycles. The van der Waals surface area contributed by atoms with Crippen LogP contribution in [0.3, 0.4) is 0 Å². The van der Waals surface area contributed by atoms with E-state index in [1.807, 2.05) is 11.8 Å². The van der Waals surface area contributed by atoms with Crippen molar-refractivity contribution in [2.75, 3.05) is 18.5 Å². The Labute approximate surface area is 125 Å². The van der Waals surface area contributed by atoms with Gasteiger partial charge in [-0.2, -0.15) is 11.8 Å². The van der Waals surface area contributed by atoms with E-state index >= 15 is 0 Å². The Morgan fingerprint density at radius 1 is 1.30 bits per heavy atom. The summed E-state index contributed by atoms with van der Waals surface area (Å²) in [5.41, 5.74) is 2.34. The third kappa shape index (κ3) is 3.26. The summed E-state index contributed by atoms with van der Waals surface area (Å²) in [6.45, 7) is 4.42. The van der Waals surface area contributed by atoms with Crippen LogP contribution in [0.25, 0.3) is 0 Å². The highest BCUT2D eigenvalue weighted by atomic mass is 32.2. The average Bonchev–Trinajstić information content (AvgIpc) is 2.99. The first-order chi connectivity index (χ1) is 9.86. The monoisotopic (exact) mass is 293 g/mol. The number of hydrogen-bond acceptors (Lipinski definition) is 5. The van der Waals surface area contributed by atoms with Crippen molar-refractivity contribution < 1.29 is 4.74 Å². The van der Waals surface area contributed by atoms with E-state index in [0.717, 1.165) is 47.8 Å². The molecule has 0 unspecified atom stereocenters. The van der Waals surface area contributed by atoms with Gasteiger partial charge in [0.2, 0.25) is 0 Å². The summed E-state index contributed by atoms with van der Waals surface area (Å²) in [5, 5.41) is 4.18. The van der Waals surface area contributed by atoms with Crippen LogP contribution in [-0.4, -0.2) is 28.4 Å². The van der Waals surface area contributed by atoms with Crippen molar-refractivity contribution in [1.82, 2.24) is 9.97 Å². The molecule has 0 bridgehead atoms. The van der Waals surface area contributed by atoms with E-state index in [1.54, 1.807) is 0 Å². The zero-order valence-electron chi connectivity index (χ0n) is 12.2. The zero-order chi connectivity index (χ0) is 13.8. The van der Waals surface area contributed by atoms with Crippen LogP contribution < -0.4 is 5.32 Å². The molecule has 0 amide bonds. The lowest BCUT2D eigenvalue weighted by atomic mass is 10.1. The molecule has 3 rings (SSSR count). The SMILES string of the molecule is CCNc1nc(CSC2CCCC2)nc2c1COCC2. The Hall–Kier alpha value is -0.810. The highest BCUT2D eigenvalue weighted by Gasteiger charge is 2.20. The van der Waals surface area contributed by atoms with Crippen molar-refractivity contribution in [2.45, 2.75) is 56.6 Å². The number of anilines is 1. The van der Waals surface area contributed by atoms with Gasteiger partial charge >= 0.3 is 0 Å². The molecule has 5 heteroatoms. The zero-order valence-corrected chi connectivity index (χ0v) is 13.0. The van der Waals surface area contributed by atoms with Gasteiger partial charge in [0.05, 0.1) is 24.7 Å². The Morgan fingerprint density at radius 2 is 2.15 bits per heavy atom. The lowest BCUT2D eigenvalue weighted by Gasteiger charge is -2.20. The largest absolute Gasteiger partial charge is 0.376 e. The number of rotatable bonds is 5. The predicted octanol–water partition coefficient (Wildman–Crippen LogP) is 3.16. The molecule has 0 atom stereocenters. The molecule has 0 spiro atoms. The topological polar surface area (TPSA) is 47.0 Å². The maximum atomic E-state index is 5.54. The molecule has 1 saturated carbocycles. The van der Waals surface area contributed by atoms with E-state index < -0.39 is 0 Å². The molecule has 1 fully saturated rings. The summed E-state index contributed by atoms with van der Waals surface area (Å²) >= 11 is 2.03. The van der Waals surface area contributed by atoms with Crippen molar-refractivity contribution in [3.05, 3.63) is 17.1 Å². The molecule has 2 aliphatic rings. The van der Waals surface area contributed by atoms with Gasteiger partial charge in [-0.15, -0.1) is 0 Å². The van der Waals surface area contributed by atoms with E-state index in [2.05, 4.69) is 12.2 Å². The quantitative estimate of drug-likeness (QED) is 0.903. The predicted molar refractivity (Wildman–Crippen MR) is 83.1 cm³/mol. The molecule has 0 saturated heterocycles. The number of nitrogens with zero attached hydrogens (tertiary/aromatic N) is 2. The van der Waals surface area contributed by atoms with Crippen LogP contribution in [-0.2, 0) is 23.5 Å². The van der Waals surface area contributed by atoms with Crippen molar-refractivity contribution in [2.24, 2.45) is 0 Å². The first-order valence-electron chi connectivity index (χ1n) is 7.68. The lowest BCUT2D eigenvalue weighted by Crippen LogP contribution is -2.18. The van der Waals surface area contributed by atoms with Crippen LogP contribution in [0.1, 0.15) is 49.7 Å². The normalized spacial score (nSPS) is 19.1. The maximum absolute atomic E-state index is 5.54. The van der Waals surface area contributed by atoms with E-state index in [4.69, 9.17) is 14.7 Å². The molecule has 1 aliphatic carbocycles. The molecule has 110 valence electrons. The van der Waals surface area contributed by atoms with E-state index in [-0.39, 0.29) is 0 Å². The van der Waals surface area contributed by atoms with Gasteiger partial charge in [-0.25, -0.2) is 9.97 Å². The highest BCUT2D eigenvalue weighted by molar-refractivity contribution is 7.99. The van der Waals surface area contributed by atoms with Gasteiger partial charge in [-0.05, 0) is 19.8 Å². The van der Waals surface area contributed by atoms with E-state index in [1.165, 1.54) is 31.4 Å². The molecule has 20 heavy (non-hydrogen) atoms. The molecular weight excluding hydrogens is 270 g/mol. The number of nitrogens with one attached hydrogen (secondary N) is 1. The third-order valence-electron chi connectivity index (χ3n) is 3.96. The summed E-state index contributed by atoms with van der Waals surface area (Å²) in [5.74, 6) is 2.91. The maximum Gasteiger partial charge on any atom is 0.140 e. The van der Waals surface area contributed by atoms with Gasteiger partial charge in [0.1, 0.15) is 11.6 Å². The van der Waals surface area contributed by atoms with Crippen LogP contribution in [0.2, 0.25) is 0 Å². The highest BCUT2D eigenvalue weighted by Crippen LogP contribution is 2.31. The van der Waals surface area contributed by atoms with Crippen LogP contribution in [0.4, 0.5) is 5.82 Å². The standard InChI is InChI=1S/C15H23N3OS/c1-2-16-15-12-9-19-8-7-13(12)17-14(18-15)10-20-11-5-3-4-6-11/h11H,2-10H2,1H3,(H,16,17,18). The fourth-order valence-electron chi connectivity index (χ4n) is 2.91. The molecule has 2 heterocycles. The van der Waals surface area contributed by atoms with Crippen LogP contribution in [0.15, 0.2) is 0 Å². The van der Waals surface area contributed by atoms with Gasteiger partial charge in [-0.3, -0.25) is 0 Å². The fraction of sp³-hybridized carbons (Fsp3) is 0.733. The van der Waals surface area contributed by atoms with Gasteiger partial charge in [-0.1, -0.05) is 12.8 Å². The van der Waals surface area contributed by atoms with Crippen molar-refractivity contribution >= 4 is 17.6 Å². The Bertz CT molecular complexity index is 461. The second-order valence-electron chi connectivity index (χ2n) is 5.46. The lowest BCUT2D eigenvalue weighted by molar-refractivity contribution is 0.109. The Balaban J connectivity index is 1.74. The number of thioether (sulfide) groups is 1. The number of hydrogen-bond donors (Lipinski definition) is 1. The van der Waals surface area contributed by atoms with E-state index in [9.17, 15) is 0 Å². The summed E-state index contributed by atoms with van der Waals surface area (Å²) in [6, 6.07) is 0. The van der Waals surface area contributed by atoms with Crippen molar-refractivity contribution in [3.63, 3.8) is 0 Å². The molecule has 0 aromatic carbocycles. The summed E-state index contributed by atoms with van der Waals surface area (Å²) in [7, 11) is 0. The summed E-state index contributed by atoms with van der Waals surface area (Å²) < 4.78 is 5.54. The molecule has 1 N–H and O–H groups in total. The van der Waals surface area contributed by atoms with E-state index in [0.29, 0.717) is 6.61 Å². The minimum atomic E-state index is 0.647. The molecule has 1 aromatic rings. The number of ether oxygens (including phenoxy) is 1. The summed E-state index contributed by atoms with van der Waals surface area (Å²) in [6.07, 6.45) is 6.43. The minimum absolute atomic E-state index is 0.647. The Kier molecular flexibility index (Phi) is 4.78.